The molecule has 0 saturated heterocycles. The first-order valence-electron chi connectivity index (χ1n) is 4.69. The third-order valence-corrected chi connectivity index (χ3v) is 2.09. The van der Waals surface area contributed by atoms with Crippen molar-refractivity contribution in [1.82, 2.24) is 0 Å². The van der Waals surface area contributed by atoms with Crippen LogP contribution in [0.25, 0.3) is 0 Å². The summed E-state index contributed by atoms with van der Waals surface area (Å²) in [5.41, 5.74) is 1.53. The molecular weight excluding hydrogens is 139 g/mol. The first kappa shape index (κ1) is 12.1. The van der Waals surface area contributed by atoms with Crippen LogP contribution in [-0.4, -0.2) is 0 Å². The maximum atomic E-state index is 3.35. The van der Waals surface area contributed by atoms with Gasteiger partial charge in [0.15, 0.2) is 0 Å². The molecule has 0 aliphatic heterocycles. The molecule has 0 atom stereocenters. The molecule has 0 spiro atoms. The Kier molecular flexibility index (Phi) is 7.76. The zero-order chi connectivity index (χ0) is 7.94. The van der Waals surface area contributed by atoms with E-state index in [1.165, 1.54) is 44.1 Å². The van der Waals surface area contributed by atoms with Crippen LogP contribution in [0.1, 0.15) is 45.4 Å². The van der Waals surface area contributed by atoms with Crippen LogP contribution >= 0.6 is 0 Å². The van der Waals surface area contributed by atoms with Gasteiger partial charge in [-0.2, -0.15) is 5.57 Å². The number of unbranched alkanes of at least 4 members (excludes halogenated alkanes) is 1. The van der Waals surface area contributed by atoms with Gasteiger partial charge in [0.25, 0.3) is 0 Å². The molecule has 1 aliphatic rings. The maximum absolute atomic E-state index is 3.35. The molecule has 0 heterocycles. The Hall–Kier alpha value is 0.0774. The van der Waals surface area contributed by atoms with Gasteiger partial charge in [-0.05, 0) is 6.42 Å². The van der Waals surface area contributed by atoms with Crippen molar-refractivity contribution in [3.8, 4) is 0 Å². The molecule has 0 bridgehead atoms. The maximum Gasteiger partial charge on any atom is 1.00 e. The van der Waals surface area contributed by atoms with Crippen molar-refractivity contribution in [2.75, 3.05) is 0 Å². The Bertz CT molecular complexity index is 156. The van der Waals surface area contributed by atoms with Gasteiger partial charge < -0.3 is 0 Å². The van der Waals surface area contributed by atoms with E-state index in [1.807, 2.05) is 0 Å². The fraction of sp³-hybridized carbons (Fsp3) is 0.636. The third-order valence-electron chi connectivity index (χ3n) is 2.09. The van der Waals surface area contributed by atoms with E-state index in [9.17, 15) is 0 Å². The SMILES string of the molecule is CCCCC1=[C-]C=CCCC1.[Li+]. The van der Waals surface area contributed by atoms with Gasteiger partial charge in [0.05, 0.1) is 0 Å². The van der Waals surface area contributed by atoms with Crippen molar-refractivity contribution < 1.29 is 18.9 Å². The van der Waals surface area contributed by atoms with Crippen molar-refractivity contribution in [2.24, 2.45) is 0 Å². The second-order valence-electron chi connectivity index (χ2n) is 3.15. The normalized spacial score (nSPS) is 16.2. The van der Waals surface area contributed by atoms with Crippen LogP contribution in [0.2, 0.25) is 0 Å². The van der Waals surface area contributed by atoms with Crippen molar-refractivity contribution in [1.29, 1.82) is 0 Å². The van der Waals surface area contributed by atoms with Gasteiger partial charge >= 0.3 is 18.9 Å². The monoisotopic (exact) mass is 156 g/mol. The Morgan fingerprint density at radius 3 is 3.08 bits per heavy atom. The quantitative estimate of drug-likeness (QED) is 0.416. The Balaban J connectivity index is 0.00000121. The predicted molar refractivity (Wildman–Crippen MR) is 49.3 cm³/mol. The van der Waals surface area contributed by atoms with E-state index in [-0.39, 0.29) is 18.9 Å². The van der Waals surface area contributed by atoms with Crippen LogP contribution < -0.4 is 18.9 Å². The molecule has 0 amide bonds. The van der Waals surface area contributed by atoms with E-state index in [1.54, 1.807) is 0 Å². The topological polar surface area (TPSA) is 0 Å². The summed E-state index contributed by atoms with van der Waals surface area (Å²) in [5, 5.41) is 0. The van der Waals surface area contributed by atoms with E-state index in [4.69, 9.17) is 0 Å². The molecule has 1 aliphatic carbocycles. The molecule has 62 valence electrons. The van der Waals surface area contributed by atoms with E-state index in [0.29, 0.717) is 0 Å². The molecule has 1 heteroatoms. The van der Waals surface area contributed by atoms with Crippen LogP contribution in [0.5, 0.6) is 0 Å². The molecule has 0 radical (unpaired) electrons. The summed E-state index contributed by atoms with van der Waals surface area (Å²) < 4.78 is 0. The summed E-state index contributed by atoms with van der Waals surface area (Å²) in [4.78, 5) is 0. The molecule has 12 heavy (non-hydrogen) atoms. The van der Waals surface area contributed by atoms with E-state index in [0.717, 1.165) is 0 Å². The summed E-state index contributed by atoms with van der Waals surface area (Å²) in [6, 6.07) is 0. The number of allylic oxidation sites excluding steroid dienone is 4. The summed E-state index contributed by atoms with van der Waals surface area (Å²) >= 11 is 0. The average molecular weight is 156 g/mol. The van der Waals surface area contributed by atoms with E-state index >= 15 is 0 Å². The summed E-state index contributed by atoms with van der Waals surface area (Å²) in [5.74, 6) is 0. The minimum absolute atomic E-state index is 0. The van der Waals surface area contributed by atoms with Gasteiger partial charge in [0.2, 0.25) is 0 Å². The zero-order valence-electron chi connectivity index (χ0n) is 8.40. The summed E-state index contributed by atoms with van der Waals surface area (Å²) in [6.07, 6.45) is 15.4. The predicted octanol–water partition coefficient (Wildman–Crippen LogP) is 0.650. The first-order valence-corrected chi connectivity index (χ1v) is 4.69. The van der Waals surface area contributed by atoms with Gasteiger partial charge in [-0.25, -0.2) is 12.2 Å². The smallest absolute Gasteiger partial charge is 0.252 e. The van der Waals surface area contributed by atoms with Crippen molar-refractivity contribution in [3.63, 3.8) is 0 Å². The zero-order valence-corrected chi connectivity index (χ0v) is 8.40. The van der Waals surface area contributed by atoms with Crippen LogP contribution in [0.3, 0.4) is 0 Å². The van der Waals surface area contributed by atoms with Crippen LogP contribution in [0, 0.1) is 6.08 Å². The molecule has 0 fully saturated rings. The molecule has 0 aromatic heterocycles. The third kappa shape index (κ3) is 4.86. The van der Waals surface area contributed by atoms with Crippen molar-refractivity contribution in [2.45, 2.75) is 45.4 Å². The standard InChI is InChI=1S/C11H17.Li/c1-2-3-8-11-9-6-4-5-7-10-11;/h4,6H,2-3,5,7-8,10H2,1H3;/q-1;+1. The molecular formula is C11H17Li. The average Bonchev–Trinajstić information content (AvgIpc) is 2.28. The van der Waals surface area contributed by atoms with Gasteiger partial charge in [-0.15, -0.1) is 6.42 Å². The van der Waals surface area contributed by atoms with Crippen LogP contribution in [0.4, 0.5) is 0 Å². The fourth-order valence-electron chi connectivity index (χ4n) is 1.35. The van der Waals surface area contributed by atoms with Crippen molar-refractivity contribution >= 4 is 0 Å². The van der Waals surface area contributed by atoms with E-state index in [2.05, 4.69) is 25.2 Å². The number of rotatable bonds is 3. The summed E-state index contributed by atoms with van der Waals surface area (Å²) in [6.45, 7) is 2.24. The molecule has 1 rings (SSSR count). The molecule has 0 nitrogen and oxygen atoms in total. The van der Waals surface area contributed by atoms with E-state index < -0.39 is 0 Å². The van der Waals surface area contributed by atoms with Crippen LogP contribution in [-0.2, 0) is 0 Å². The van der Waals surface area contributed by atoms with Crippen molar-refractivity contribution in [3.05, 3.63) is 23.8 Å². The van der Waals surface area contributed by atoms with Gasteiger partial charge in [-0.3, -0.25) is 6.08 Å². The minimum atomic E-state index is 0. The molecule has 0 saturated carbocycles. The fourth-order valence-corrected chi connectivity index (χ4v) is 1.35. The Labute approximate surface area is 88.3 Å². The molecule has 0 N–H and O–H groups in total. The number of hydrogen-bond donors (Lipinski definition) is 0. The first-order chi connectivity index (χ1) is 5.43. The largest absolute Gasteiger partial charge is 1.00 e. The Morgan fingerprint density at radius 2 is 2.33 bits per heavy atom. The van der Waals surface area contributed by atoms with Gasteiger partial charge in [0, 0.05) is 0 Å². The molecule has 0 aromatic rings. The Morgan fingerprint density at radius 1 is 1.50 bits per heavy atom. The minimum Gasteiger partial charge on any atom is -0.252 e. The second kappa shape index (κ2) is 7.71. The van der Waals surface area contributed by atoms with Gasteiger partial charge in [0.1, 0.15) is 0 Å². The number of hydrogen-bond acceptors (Lipinski definition) is 0. The van der Waals surface area contributed by atoms with Crippen LogP contribution in [0.15, 0.2) is 17.7 Å². The molecule has 0 unspecified atom stereocenters. The molecule has 0 aromatic carbocycles. The second-order valence-corrected chi connectivity index (χ2v) is 3.15. The van der Waals surface area contributed by atoms with Gasteiger partial charge in [-0.1, -0.05) is 32.6 Å². The summed E-state index contributed by atoms with van der Waals surface area (Å²) in [7, 11) is 0.